The lowest BCUT2D eigenvalue weighted by molar-refractivity contribution is 0.0417. The molecule has 1 aromatic rings. The Morgan fingerprint density at radius 2 is 2.28 bits per heavy atom. The topological polar surface area (TPSA) is 57.6 Å². The van der Waals surface area contributed by atoms with E-state index < -0.39 is 6.10 Å². The van der Waals surface area contributed by atoms with E-state index in [1.165, 1.54) is 0 Å². The Labute approximate surface area is 113 Å². The number of anilines is 1. The summed E-state index contributed by atoms with van der Waals surface area (Å²) in [6.07, 6.45) is -0.508. The highest BCUT2D eigenvalue weighted by Gasteiger charge is 2.11. The number of ether oxygens (including phenoxy) is 1. The molecule has 0 aromatic carbocycles. The molecule has 1 unspecified atom stereocenters. The zero-order valence-electron chi connectivity index (χ0n) is 11.0. The third kappa shape index (κ3) is 4.78. The van der Waals surface area contributed by atoms with Crippen LogP contribution in [0, 0.1) is 0 Å². The van der Waals surface area contributed by atoms with E-state index >= 15 is 0 Å². The van der Waals surface area contributed by atoms with Crippen molar-refractivity contribution in [2.75, 3.05) is 39.7 Å². The smallest absolute Gasteiger partial charge is 0.126 e. The van der Waals surface area contributed by atoms with Crippen LogP contribution in [0.5, 0.6) is 0 Å². The quantitative estimate of drug-likeness (QED) is 0.782. The fraction of sp³-hybridized carbons (Fsp3) is 0.583. The van der Waals surface area contributed by atoms with Crippen molar-refractivity contribution in [3.63, 3.8) is 0 Å². The van der Waals surface area contributed by atoms with Gasteiger partial charge in [-0.05, 0) is 19.2 Å². The van der Waals surface area contributed by atoms with Crippen molar-refractivity contribution >= 4 is 17.4 Å². The van der Waals surface area contributed by atoms with Gasteiger partial charge in [0.05, 0.1) is 23.4 Å². The molecule has 1 rings (SSSR count). The number of methoxy groups -OCH3 is 1. The number of nitrogens with zero attached hydrogens (tertiary/aromatic N) is 2. The van der Waals surface area contributed by atoms with Crippen molar-refractivity contribution < 1.29 is 9.84 Å². The predicted molar refractivity (Wildman–Crippen MR) is 73.0 cm³/mol. The number of aliphatic hydroxyl groups is 1. The lowest BCUT2D eigenvalue weighted by Crippen LogP contribution is -2.31. The van der Waals surface area contributed by atoms with Crippen molar-refractivity contribution in [2.45, 2.75) is 12.6 Å². The number of likely N-dealkylation sites (N-methyl/N-ethyl adjacent to an activating group) is 1. The Bertz CT molecular complexity index is 376. The number of halogens is 1. The van der Waals surface area contributed by atoms with Crippen LogP contribution in [0.25, 0.3) is 0 Å². The van der Waals surface area contributed by atoms with Gasteiger partial charge >= 0.3 is 0 Å². The SMILES string of the molecule is CNc1ccc(Cl)c(CN(C)CC(O)COC)n1. The van der Waals surface area contributed by atoms with Crippen molar-refractivity contribution in [2.24, 2.45) is 0 Å². The van der Waals surface area contributed by atoms with Gasteiger partial charge in [-0.25, -0.2) is 4.98 Å². The van der Waals surface area contributed by atoms with E-state index in [0.717, 1.165) is 11.5 Å². The van der Waals surface area contributed by atoms with Crippen LogP contribution in [0.4, 0.5) is 5.82 Å². The molecule has 6 heteroatoms. The van der Waals surface area contributed by atoms with Crippen LogP contribution in [0.3, 0.4) is 0 Å². The Morgan fingerprint density at radius 1 is 1.56 bits per heavy atom. The molecular weight excluding hydrogens is 254 g/mol. The molecule has 0 aliphatic carbocycles. The van der Waals surface area contributed by atoms with Crippen LogP contribution in [0.2, 0.25) is 5.02 Å². The van der Waals surface area contributed by atoms with Gasteiger partial charge in [0, 0.05) is 27.2 Å². The summed E-state index contributed by atoms with van der Waals surface area (Å²) in [7, 11) is 5.28. The maximum atomic E-state index is 9.64. The van der Waals surface area contributed by atoms with Crippen molar-refractivity contribution in [3.8, 4) is 0 Å². The largest absolute Gasteiger partial charge is 0.389 e. The molecule has 1 aromatic heterocycles. The third-order valence-electron chi connectivity index (χ3n) is 2.48. The third-order valence-corrected chi connectivity index (χ3v) is 2.82. The number of rotatable bonds is 7. The van der Waals surface area contributed by atoms with Crippen LogP contribution in [-0.4, -0.2) is 55.5 Å². The second kappa shape index (κ2) is 7.53. The summed E-state index contributed by atoms with van der Waals surface area (Å²) in [5.41, 5.74) is 0.788. The highest BCUT2D eigenvalue weighted by molar-refractivity contribution is 6.31. The minimum atomic E-state index is -0.508. The summed E-state index contributed by atoms with van der Waals surface area (Å²) < 4.78 is 4.89. The average Bonchev–Trinajstić information content (AvgIpc) is 2.32. The van der Waals surface area contributed by atoms with Crippen LogP contribution in [0.1, 0.15) is 5.69 Å². The zero-order valence-corrected chi connectivity index (χ0v) is 11.7. The van der Waals surface area contributed by atoms with Gasteiger partial charge in [0.25, 0.3) is 0 Å². The number of nitrogens with one attached hydrogen (secondary N) is 1. The molecule has 1 atom stereocenters. The normalized spacial score (nSPS) is 12.8. The van der Waals surface area contributed by atoms with E-state index in [0.29, 0.717) is 24.7 Å². The molecular formula is C12H20ClN3O2. The molecule has 0 amide bonds. The molecule has 5 nitrogen and oxygen atoms in total. The molecule has 0 radical (unpaired) electrons. The summed E-state index contributed by atoms with van der Waals surface area (Å²) in [5, 5.41) is 13.2. The first kappa shape index (κ1) is 15.2. The molecule has 1 heterocycles. The molecule has 0 aliphatic rings. The van der Waals surface area contributed by atoms with Gasteiger partial charge in [-0.15, -0.1) is 0 Å². The van der Waals surface area contributed by atoms with Gasteiger partial charge in [0.2, 0.25) is 0 Å². The summed E-state index contributed by atoms with van der Waals surface area (Å²) in [5.74, 6) is 0.778. The summed E-state index contributed by atoms with van der Waals surface area (Å²) in [4.78, 5) is 6.34. The Hall–Kier alpha value is -0.880. The lowest BCUT2D eigenvalue weighted by Gasteiger charge is -2.20. The molecule has 2 N–H and O–H groups in total. The van der Waals surface area contributed by atoms with E-state index in [2.05, 4.69) is 10.3 Å². The van der Waals surface area contributed by atoms with Gasteiger partial charge in [-0.2, -0.15) is 0 Å². The summed E-state index contributed by atoms with van der Waals surface area (Å²) in [6.45, 7) is 1.41. The molecule has 0 spiro atoms. The number of hydrogen-bond acceptors (Lipinski definition) is 5. The minimum absolute atomic E-state index is 0.321. The van der Waals surface area contributed by atoms with E-state index in [1.54, 1.807) is 7.11 Å². The fourth-order valence-electron chi connectivity index (χ4n) is 1.66. The second-order valence-corrected chi connectivity index (χ2v) is 4.59. The van der Waals surface area contributed by atoms with Crippen molar-refractivity contribution in [1.29, 1.82) is 0 Å². The van der Waals surface area contributed by atoms with E-state index in [1.807, 2.05) is 31.1 Å². The van der Waals surface area contributed by atoms with E-state index in [-0.39, 0.29) is 0 Å². The van der Waals surface area contributed by atoms with Crippen molar-refractivity contribution in [1.82, 2.24) is 9.88 Å². The van der Waals surface area contributed by atoms with Gasteiger partial charge in [0.1, 0.15) is 5.82 Å². The summed E-state index contributed by atoms with van der Waals surface area (Å²) >= 11 is 6.09. The summed E-state index contributed by atoms with van der Waals surface area (Å²) in [6, 6.07) is 3.64. The number of aliphatic hydroxyl groups excluding tert-OH is 1. The first-order valence-electron chi connectivity index (χ1n) is 5.75. The molecule has 18 heavy (non-hydrogen) atoms. The molecule has 0 aliphatic heterocycles. The van der Waals surface area contributed by atoms with Crippen LogP contribution in [-0.2, 0) is 11.3 Å². The number of aromatic nitrogens is 1. The molecule has 0 saturated heterocycles. The first-order chi connectivity index (χ1) is 8.56. The Balaban J connectivity index is 2.60. The fourth-order valence-corrected chi connectivity index (χ4v) is 1.82. The monoisotopic (exact) mass is 273 g/mol. The van der Waals surface area contributed by atoms with Crippen molar-refractivity contribution in [3.05, 3.63) is 22.8 Å². The van der Waals surface area contributed by atoms with Gasteiger partial charge in [-0.3, -0.25) is 4.90 Å². The predicted octanol–water partition coefficient (Wildman–Crippen LogP) is 1.22. The van der Waals surface area contributed by atoms with Gasteiger partial charge in [-0.1, -0.05) is 11.6 Å². The van der Waals surface area contributed by atoms with E-state index in [9.17, 15) is 5.11 Å². The number of hydrogen-bond donors (Lipinski definition) is 2. The van der Waals surface area contributed by atoms with Crippen LogP contribution < -0.4 is 5.32 Å². The maximum absolute atomic E-state index is 9.64. The molecule has 102 valence electrons. The molecule has 0 fully saturated rings. The van der Waals surface area contributed by atoms with E-state index in [4.69, 9.17) is 16.3 Å². The lowest BCUT2D eigenvalue weighted by atomic mass is 10.3. The standard InChI is InChI=1S/C12H20ClN3O2/c1-14-12-5-4-10(13)11(15-12)7-16(2)6-9(17)8-18-3/h4-5,9,17H,6-8H2,1-3H3,(H,14,15). The maximum Gasteiger partial charge on any atom is 0.126 e. The molecule has 0 bridgehead atoms. The number of pyridine rings is 1. The Morgan fingerprint density at radius 3 is 2.89 bits per heavy atom. The minimum Gasteiger partial charge on any atom is -0.389 e. The second-order valence-electron chi connectivity index (χ2n) is 4.18. The Kier molecular flexibility index (Phi) is 6.35. The highest BCUT2D eigenvalue weighted by atomic mass is 35.5. The first-order valence-corrected chi connectivity index (χ1v) is 6.13. The van der Waals surface area contributed by atoms with Gasteiger partial charge < -0.3 is 15.2 Å². The van der Waals surface area contributed by atoms with Crippen LogP contribution in [0.15, 0.2) is 12.1 Å². The van der Waals surface area contributed by atoms with Crippen LogP contribution >= 0.6 is 11.6 Å². The zero-order chi connectivity index (χ0) is 13.5. The molecule has 0 saturated carbocycles. The average molecular weight is 274 g/mol. The highest BCUT2D eigenvalue weighted by Crippen LogP contribution is 2.17. The van der Waals surface area contributed by atoms with Gasteiger partial charge in [0.15, 0.2) is 0 Å².